The van der Waals surface area contributed by atoms with Crippen molar-refractivity contribution in [3.63, 3.8) is 0 Å². The van der Waals surface area contributed by atoms with Gasteiger partial charge in [0.25, 0.3) is 0 Å². The van der Waals surface area contributed by atoms with Crippen molar-refractivity contribution in [2.45, 2.75) is 65.2 Å². The van der Waals surface area contributed by atoms with Crippen LogP contribution in [0.5, 0.6) is 0 Å². The lowest BCUT2D eigenvalue weighted by Gasteiger charge is -2.26. The Kier molecular flexibility index (Phi) is 6.76. The molecule has 1 rings (SSSR count). The Hall–Kier alpha value is -1.32. The summed E-state index contributed by atoms with van der Waals surface area (Å²) in [6, 6.07) is 0. The van der Waals surface area contributed by atoms with Crippen LogP contribution in [0.25, 0.3) is 0 Å². The molecule has 1 fully saturated rings. The van der Waals surface area contributed by atoms with Crippen molar-refractivity contribution >= 4 is 23.1 Å². The quantitative estimate of drug-likeness (QED) is 0.685. The third-order valence-electron chi connectivity index (χ3n) is 4.09. The first-order valence-corrected chi connectivity index (χ1v) is 7.47. The van der Waals surface area contributed by atoms with Gasteiger partial charge in [-0.2, -0.15) is 0 Å². The van der Waals surface area contributed by atoms with E-state index in [1.165, 1.54) is 6.92 Å². The van der Waals surface area contributed by atoms with E-state index in [4.69, 9.17) is 0 Å². The normalized spacial score (nSPS) is 22.6. The maximum atomic E-state index is 11.7. The summed E-state index contributed by atoms with van der Waals surface area (Å²) in [6.45, 7) is 3.32. The fraction of sp³-hybridized carbons (Fsp3) is 0.750. The van der Waals surface area contributed by atoms with E-state index in [-0.39, 0.29) is 35.0 Å². The fourth-order valence-corrected chi connectivity index (χ4v) is 2.72. The Morgan fingerprint density at radius 2 is 1.70 bits per heavy atom. The highest BCUT2D eigenvalue weighted by Crippen LogP contribution is 2.30. The number of ketones is 4. The molecule has 0 spiro atoms. The van der Waals surface area contributed by atoms with E-state index >= 15 is 0 Å². The molecule has 112 valence electrons. The first-order valence-electron chi connectivity index (χ1n) is 7.47. The zero-order chi connectivity index (χ0) is 15.1. The van der Waals surface area contributed by atoms with E-state index < -0.39 is 0 Å². The highest BCUT2D eigenvalue weighted by atomic mass is 16.1. The van der Waals surface area contributed by atoms with Gasteiger partial charge in [-0.05, 0) is 25.7 Å². The van der Waals surface area contributed by atoms with Crippen LogP contribution in [-0.4, -0.2) is 23.1 Å². The van der Waals surface area contributed by atoms with Gasteiger partial charge in [0.1, 0.15) is 23.1 Å². The molecule has 4 heteroatoms. The summed E-state index contributed by atoms with van der Waals surface area (Å²) in [7, 11) is 0. The molecule has 0 aromatic carbocycles. The maximum Gasteiger partial charge on any atom is 0.133 e. The van der Waals surface area contributed by atoms with Gasteiger partial charge in [-0.15, -0.1) is 0 Å². The zero-order valence-electron chi connectivity index (χ0n) is 12.4. The monoisotopic (exact) mass is 280 g/mol. The topological polar surface area (TPSA) is 68.3 Å². The Morgan fingerprint density at radius 1 is 1.05 bits per heavy atom. The Labute approximate surface area is 120 Å². The number of Topliss-reactive ketones (excluding diaryl/α,β-unsaturated/α-hetero) is 4. The standard InChI is InChI=1S/C16H24O4/c1-3-14(18)6-7-15(19)5-4-12-8-13(11(2)17)10-16(20)9-12/h12-13H,3-10H2,1-2H3. The largest absolute Gasteiger partial charge is 0.300 e. The number of hydrogen-bond donors (Lipinski definition) is 0. The number of rotatable bonds is 8. The lowest BCUT2D eigenvalue weighted by atomic mass is 9.77. The molecule has 20 heavy (non-hydrogen) atoms. The Bertz CT molecular complexity index is 397. The molecule has 0 aromatic rings. The number of carbonyl (C=O) groups is 4. The number of carbonyl (C=O) groups excluding carboxylic acids is 4. The highest BCUT2D eigenvalue weighted by Gasteiger charge is 2.29. The molecular weight excluding hydrogens is 256 g/mol. The molecule has 0 N–H and O–H groups in total. The van der Waals surface area contributed by atoms with Gasteiger partial charge in [0.05, 0.1) is 0 Å². The summed E-state index contributed by atoms with van der Waals surface area (Å²) in [5, 5.41) is 0. The van der Waals surface area contributed by atoms with Gasteiger partial charge in [-0.1, -0.05) is 6.92 Å². The van der Waals surface area contributed by atoms with Crippen molar-refractivity contribution < 1.29 is 19.2 Å². The molecule has 0 aromatic heterocycles. The summed E-state index contributed by atoms with van der Waals surface area (Å²) in [5.74, 6) is 0.402. The van der Waals surface area contributed by atoms with Crippen molar-refractivity contribution in [1.29, 1.82) is 0 Å². The highest BCUT2D eigenvalue weighted by molar-refractivity contribution is 5.88. The molecule has 0 radical (unpaired) electrons. The van der Waals surface area contributed by atoms with E-state index in [0.29, 0.717) is 44.9 Å². The van der Waals surface area contributed by atoms with Gasteiger partial charge >= 0.3 is 0 Å². The van der Waals surface area contributed by atoms with Gasteiger partial charge in [0.15, 0.2) is 0 Å². The molecule has 1 aliphatic rings. The summed E-state index contributed by atoms with van der Waals surface area (Å²) >= 11 is 0. The van der Waals surface area contributed by atoms with Crippen molar-refractivity contribution in [3.05, 3.63) is 0 Å². The van der Waals surface area contributed by atoms with Crippen LogP contribution in [0.15, 0.2) is 0 Å². The van der Waals surface area contributed by atoms with Crippen LogP contribution < -0.4 is 0 Å². The predicted molar refractivity (Wildman–Crippen MR) is 75.3 cm³/mol. The molecular formula is C16H24O4. The zero-order valence-corrected chi connectivity index (χ0v) is 12.4. The minimum absolute atomic E-state index is 0.0721. The Balaban J connectivity index is 2.33. The van der Waals surface area contributed by atoms with Crippen LogP contribution in [0.4, 0.5) is 0 Å². The second kappa shape index (κ2) is 8.08. The summed E-state index contributed by atoms with van der Waals surface area (Å²) in [4.78, 5) is 45.8. The SMILES string of the molecule is CCC(=O)CCC(=O)CCC1CC(=O)CC(C(C)=O)C1. The molecule has 1 aliphatic carbocycles. The average molecular weight is 280 g/mol. The maximum absolute atomic E-state index is 11.7. The number of hydrogen-bond acceptors (Lipinski definition) is 4. The average Bonchev–Trinajstić information content (AvgIpc) is 2.41. The van der Waals surface area contributed by atoms with Crippen LogP contribution in [-0.2, 0) is 19.2 Å². The van der Waals surface area contributed by atoms with E-state index in [1.54, 1.807) is 6.92 Å². The van der Waals surface area contributed by atoms with E-state index in [9.17, 15) is 19.2 Å². The van der Waals surface area contributed by atoms with E-state index in [1.807, 2.05) is 0 Å². The van der Waals surface area contributed by atoms with Crippen LogP contribution in [0.3, 0.4) is 0 Å². The smallest absolute Gasteiger partial charge is 0.133 e. The van der Waals surface area contributed by atoms with Crippen LogP contribution in [0, 0.1) is 11.8 Å². The van der Waals surface area contributed by atoms with Crippen LogP contribution in [0.2, 0.25) is 0 Å². The molecule has 1 saturated carbocycles. The van der Waals surface area contributed by atoms with Crippen molar-refractivity contribution in [2.75, 3.05) is 0 Å². The molecule has 2 atom stereocenters. The third-order valence-corrected chi connectivity index (χ3v) is 4.09. The fourth-order valence-electron chi connectivity index (χ4n) is 2.72. The van der Waals surface area contributed by atoms with Crippen LogP contribution >= 0.6 is 0 Å². The van der Waals surface area contributed by atoms with Crippen molar-refractivity contribution in [3.8, 4) is 0 Å². The second-order valence-corrected chi connectivity index (χ2v) is 5.83. The minimum Gasteiger partial charge on any atom is -0.300 e. The van der Waals surface area contributed by atoms with Crippen LogP contribution in [0.1, 0.15) is 65.2 Å². The first kappa shape index (κ1) is 16.7. The molecule has 0 amide bonds. The lowest BCUT2D eigenvalue weighted by Crippen LogP contribution is -2.27. The van der Waals surface area contributed by atoms with Crippen molar-refractivity contribution in [2.24, 2.45) is 11.8 Å². The third kappa shape index (κ3) is 5.76. The van der Waals surface area contributed by atoms with Gasteiger partial charge < -0.3 is 0 Å². The van der Waals surface area contributed by atoms with E-state index in [0.717, 1.165) is 6.42 Å². The minimum atomic E-state index is -0.155. The summed E-state index contributed by atoms with van der Waals surface area (Å²) in [5.41, 5.74) is 0. The molecule has 0 heterocycles. The predicted octanol–water partition coefficient (Wildman–Crippen LogP) is 2.67. The molecule has 4 nitrogen and oxygen atoms in total. The van der Waals surface area contributed by atoms with Gasteiger partial charge in [0.2, 0.25) is 0 Å². The van der Waals surface area contributed by atoms with Crippen molar-refractivity contribution in [1.82, 2.24) is 0 Å². The molecule has 0 saturated heterocycles. The first-order chi connectivity index (χ1) is 9.42. The van der Waals surface area contributed by atoms with Gasteiger partial charge in [-0.3, -0.25) is 19.2 Å². The molecule has 2 unspecified atom stereocenters. The Morgan fingerprint density at radius 3 is 2.30 bits per heavy atom. The van der Waals surface area contributed by atoms with Gasteiger partial charge in [0, 0.05) is 44.4 Å². The second-order valence-electron chi connectivity index (χ2n) is 5.83. The van der Waals surface area contributed by atoms with Gasteiger partial charge in [-0.25, -0.2) is 0 Å². The van der Waals surface area contributed by atoms with E-state index in [2.05, 4.69) is 0 Å². The lowest BCUT2D eigenvalue weighted by molar-refractivity contribution is -0.130. The molecule has 0 bridgehead atoms. The summed E-state index contributed by atoms with van der Waals surface area (Å²) in [6.07, 6.45) is 3.77. The molecule has 0 aliphatic heterocycles. The summed E-state index contributed by atoms with van der Waals surface area (Å²) < 4.78 is 0.